The number of hydrogen-bond donors (Lipinski definition) is 2. The molecule has 0 amide bonds. The topological polar surface area (TPSA) is 76.4 Å². The molecule has 0 bridgehead atoms. The van der Waals surface area contributed by atoms with Crippen LogP contribution in [-0.2, 0) is 13.1 Å². The molecule has 0 saturated heterocycles. The van der Waals surface area contributed by atoms with Crippen molar-refractivity contribution >= 4 is 29.9 Å². The number of benzene rings is 1. The summed E-state index contributed by atoms with van der Waals surface area (Å²) in [5.74, 6) is 0.500. The van der Waals surface area contributed by atoms with Gasteiger partial charge in [0.05, 0.1) is 11.4 Å². The number of guanidine groups is 1. The third-order valence-corrected chi connectivity index (χ3v) is 4.54. The Morgan fingerprint density at radius 2 is 1.82 bits per heavy atom. The van der Waals surface area contributed by atoms with Gasteiger partial charge in [-0.25, -0.2) is 9.67 Å². The molecule has 0 spiro atoms. The molecule has 3 rings (SSSR count). The van der Waals surface area contributed by atoms with Crippen LogP contribution in [0.5, 0.6) is 5.88 Å². The monoisotopic (exact) mass is 574 g/mol. The highest BCUT2D eigenvalue weighted by atomic mass is 127. The third-order valence-electron chi connectivity index (χ3n) is 4.54. The predicted octanol–water partition coefficient (Wildman–Crippen LogP) is 4.31. The van der Waals surface area contributed by atoms with Crippen molar-refractivity contribution < 1.29 is 17.9 Å². The van der Waals surface area contributed by atoms with Gasteiger partial charge in [0.2, 0.25) is 5.88 Å². The van der Waals surface area contributed by atoms with Crippen LogP contribution in [0.4, 0.5) is 13.2 Å². The number of halogens is 4. The Morgan fingerprint density at radius 1 is 1.09 bits per heavy atom. The molecule has 0 saturated carbocycles. The SMILES string of the molecule is CN=C(NCc1ccc(OCC(F)(F)F)nc1)NCc1ccccc1-n1nc(C)cc1C.I. The van der Waals surface area contributed by atoms with E-state index >= 15 is 0 Å². The van der Waals surface area contributed by atoms with E-state index in [4.69, 9.17) is 0 Å². The standard InChI is InChI=1S/C22H25F3N6O.HI/c1-15-10-16(2)31(30-15)19-7-5-4-6-18(19)13-29-21(26-3)28-12-17-8-9-20(27-11-17)32-14-22(23,24)25;/h4-11H,12-14H2,1-3H3,(H2,26,28,29);1H. The summed E-state index contributed by atoms with van der Waals surface area (Å²) in [4.78, 5) is 8.12. The van der Waals surface area contributed by atoms with Gasteiger partial charge in [0, 0.05) is 38.1 Å². The molecule has 11 heteroatoms. The van der Waals surface area contributed by atoms with Crippen LogP contribution in [0, 0.1) is 13.8 Å². The summed E-state index contributed by atoms with van der Waals surface area (Å²) in [5.41, 5.74) is 4.81. The maximum absolute atomic E-state index is 12.2. The normalized spacial score (nSPS) is 11.6. The molecule has 0 atom stereocenters. The Morgan fingerprint density at radius 3 is 2.42 bits per heavy atom. The van der Waals surface area contributed by atoms with Gasteiger partial charge in [0.25, 0.3) is 0 Å². The fourth-order valence-electron chi connectivity index (χ4n) is 3.08. The van der Waals surface area contributed by atoms with Crippen LogP contribution in [0.1, 0.15) is 22.5 Å². The molecule has 0 aliphatic heterocycles. The first-order chi connectivity index (χ1) is 15.2. The quantitative estimate of drug-likeness (QED) is 0.250. The van der Waals surface area contributed by atoms with Crippen molar-refractivity contribution in [2.75, 3.05) is 13.7 Å². The number of alkyl halides is 3. The van der Waals surface area contributed by atoms with Crippen molar-refractivity contribution in [2.45, 2.75) is 33.1 Å². The Kier molecular flexibility index (Phi) is 9.50. The maximum Gasteiger partial charge on any atom is 0.422 e. The first kappa shape index (κ1) is 26.4. The number of para-hydroxylation sites is 1. The predicted molar refractivity (Wildman–Crippen MR) is 131 cm³/mol. The van der Waals surface area contributed by atoms with Crippen LogP contribution in [0.3, 0.4) is 0 Å². The van der Waals surface area contributed by atoms with E-state index in [1.165, 1.54) is 12.3 Å². The fraction of sp³-hybridized carbons (Fsp3) is 0.318. The van der Waals surface area contributed by atoms with Crippen molar-refractivity contribution in [3.05, 3.63) is 71.2 Å². The Balaban J connectivity index is 0.00000385. The first-order valence-electron chi connectivity index (χ1n) is 9.96. The van der Waals surface area contributed by atoms with Crippen molar-refractivity contribution in [1.29, 1.82) is 0 Å². The molecule has 0 fully saturated rings. The van der Waals surface area contributed by atoms with Crippen LogP contribution >= 0.6 is 24.0 Å². The zero-order chi connectivity index (χ0) is 23.1. The third kappa shape index (κ3) is 7.91. The van der Waals surface area contributed by atoms with Crippen molar-refractivity contribution in [3.63, 3.8) is 0 Å². The number of aryl methyl sites for hydroxylation is 2. The van der Waals surface area contributed by atoms with Crippen LogP contribution < -0.4 is 15.4 Å². The van der Waals surface area contributed by atoms with E-state index in [0.29, 0.717) is 19.0 Å². The summed E-state index contributed by atoms with van der Waals surface area (Å²) in [6, 6.07) is 13.1. The summed E-state index contributed by atoms with van der Waals surface area (Å²) in [5, 5.41) is 11.0. The lowest BCUT2D eigenvalue weighted by Gasteiger charge is -2.15. The molecule has 2 aromatic heterocycles. The smallest absolute Gasteiger partial charge is 0.422 e. The fourth-order valence-corrected chi connectivity index (χ4v) is 3.08. The lowest BCUT2D eigenvalue weighted by molar-refractivity contribution is -0.154. The highest BCUT2D eigenvalue weighted by molar-refractivity contribution is 14.0. The maximum atomic E-state index is 12.2. The molecule has 2 N–H and O–H groups in total. The van der Waals surface area contributed by atoms with Gasteiger partial charge >= 0.3 is 6.18 Å². The number of aliphatic imine (C=N–C) groups is 1. The van der Waals surface area contributed by atoms with Gasteiger partial charge in [-0.2, -0.15) is 18.3 Å². The molecular formula is C22H26F3IN6O. The number of hydrogen-bond acceptors (Lipinski definition) is 4. The van der Waals surface area contributed by atoms with Gasteiger partial charge in [0.15, 0.2) is 12.6 Å². The molecule has 3 aromatic rings. The number of pyridine rings is 1. The highest BCUT2D eigenvalue weighted by Crippen LogP contribution is 2.18. The van der Waals surface area contributed by atoms with Crippen molar-refractivity contribution in [3.8, 4) is 11.6 Å². The first-order valence-corrected chi connectivity index (χ1v) is 9.96. The molecule has 0 aliphatic rings. The Labute approximate surface area is 207 Å². The Hall–Kier alpha value is -2.83. The Bertz CT molecular complexity index is 1070. The number of aromatic nitrogens is 3. The van der Waals surface area contributed by atoms with Crippen molar-refractivity contribution in [2.24, 2.45) is 4.99 Å². The lowest BCUT2D eigenvalue weighted by Crippen LogP contribution is -2.36. The van der Waals surface area contributed by atoms with E-state index in [1.54, 1.807) is 13.1 Å². The summed E-state index contributed by atoms with van der Waals surface area (Å²) in [7, 11) is 1.66. The summed E-state index contributed by atoms with van der Waals surface area (Å²) < 4.78 is 43.2. The molecule has 178 valence electrons. The molecular weight excluding hydrogens is 548 g/mol. The summed E-state index contributed by atoms with van der Waals surface area (Å²) >= 11 is 0. The minimum Gasteiger partial charge on any atom is -0.468 e. The zero-order valence-electron chi connectivity index (χ0n) is 18.5. The largest absolute Gasteiger partial charge is 0.468 e. The number of ether oxygens (including phenoxy) is 1. The molecule has 0 aliphatic carbocycles. The van der Waals surface area contributed by atoms with E-state index in [0.717, 1.165) is 28.2 Å². The van der Waals surface area contributed by atoms with Gasteiger partial charge in [-0.1, -0.05) is 24.3 Å². The molecule has 1 aromatic carbocycles. The van der Waals surface area contributed by atoms with E-state index < -0.39 is 12.8 Å². The molecule has 0 unspecified atom stereocenters. The number of nitrogens with one attached hydrogen (secondary N) is 2. The average Bonchev–Trinajstić information content (AvgIpc) is 3.10. The van der Waals surface area contributed by atoms with E-state index in [9.17, 15) is 13.2 Å². The second-order valence-corrected chi connectivity index (χ2v) is 7.16. The van der Waals surface area contributed by atoms with Crippen LogP contribution in [-0.4, -0.2) is 40.6 Å². The van der Waals surface area contributed by atoms with Crippen molar-refractivity contribution in [1.82, 2.24) is 25.4 Å². The van der Waals surface area contributed by atoms with Crippen LogP contribution in [0.15, 0.2) is 53.7 Å². The number of rotatable bonds is 7. The number of nitrogens with zero attached hydrogens (tertiary/aromatic N) is 4. The van der Waals surface area contributed by atoms with Crippen LogP contribution in [0.2, 0.25) is 0 Å². The molecule has 7 nitrogen and oxygen atoms in total. The minimum atomic E-state index is -4.40. The average molecular weight is 574 g/mol. The minimum absolute atomic E-state index is 0. The van der Waals surface area contributed by atoms with E-state index in [-0.39, 0.29) is 29.9 Å². The van der Waals surface area contributed by atoms with Gasteiger partial charge < -0.3 is 15.4 Å². The molecule has 2 heterocycles. The second-order valence-electron chi connectivity index (χ2n) is 7.16. The zero-order valence-corrected chi connectivity index (χ0v) is 20.8. The van der Waals surface area contributed by atoms with E-state index in [1.807, 2.05) is 48.9 Å². The van der Waals surface area contributed by atoms with E-state index in [2.05, 4.69) is 30.4 Å². The van der Waals surface area contributed by atoms with Gasteiger partial charge in [-0.05, 0) is 37.1 Å². The lowest BCUT2D eigenvalue weighted by atomic mass is 10.1. The van der Waals surface area contributed by atoms with Gasteiger partial charge in [-0.15, -0.1) is 24.0 Å². The highest BCUT2D eigenvalue weighted by Gasteiger charge is 2.28. The molecule has 33 heavy (non-hydrogen) atoms. The van der Waals surface area contributed by atoms with Gasteiger partial charge in [0.1, 0.15) is 0 Å². The van der Waals surface area contributed by atoms with Gasteiger partial charge in [-0.3, -0.25) is 4.99 Å². The van der Waals surface area contributed by atoms with Crippen LogP contribution in [0.25, 0.3) is 5.69 Å². The summed E-state index contributed by atoms with van der Waals surface area (Å²) in [6.07, 6.45) is -2.93. The molecule has 0 radical (unpaired) electrons. The second kappa shape index (κ2) is 11.9. The summed E-state index contributed by atoms with van der Waals surface area (Å²) in [6.45, 7) is 3.52.